The predicted molar refractivity (Wildman–Crippen MR) is 71.4 cm³/mol. The molecule has 0 aliphatic heterocycles. The maximum Gasteiger partial charge on any atom is 0.336 e. The first-order valence-electron chi connectivity index (χ1n) is 5.30. The number of alkyl halides is 1. The average molecular weight is 309 g/mol. The molecular weight excluding hydrogens is 299 g/mol. The molecular formula is C14H10BrFO2. The average Bonchev–Trinajstić information content (AvgIpc) is 2.38. The molecule has 2 aromatic carbocycles. The highest BCUT2D eigenvalue weighted by Gasteiger charge is 2.14. The Morgan fingerprint density at radius 2 is 1.89 bits per heavy atom. The summed E-state index contributed by atoms with van der Waals surface area (Å²) >= 11 is 3.25. The van der Waals surface area contributed by atoms with Crippen molar-refractivity contribution in [3.05, 3.63) is 59.4 Å². The summed E-state index contributed by atoms with van der Waals surface area (Å²) in [6, 6.07) is 11.2. The van der Waals surface area contributed by atoms with Crippen molar-refractivity contribution in [1.82, 2.24) is 0 Å². The van der Waals surface area contributed by atoms with Gasteiger partial charge in [-0.25, -0.2) is 9.18 Å². The molecule has 0 aromatic heterocycles. The second kappa shape index (κ2) is 5.31. The van der Waals surface area contributed by atoms with Gasteiger partial charge in [0.25, 0.3) is 0 Å². The third-order valence-corrected chi connectivity index (χ3v) is 3.28. The highest BCUT2D eigenvalue weighted by Crippen LogP contribution is 2.27. The van der Waals surface area contributed by atoms with E-state index in [0.29, 0.717) is 16.5 Å². The highest BCUT2D eigenvalue weighted by atomic mass is 79.9. The van der Waals surface area contributed by atoms with Crippen molar-refractivity contribution >= 4 is 21.9 Å². The minimum atomic E-state index is -1.06. The fourth-order valence-corrected chi connectivity index (χ4v) is 2.11. The van der Waals surface area contributed by atoms with Gasteiger partial charge in [0, 0.05) is 10.9 Å². The largest absolute Gasteiger partial charge is 0.478 e. The van der Waals surface area contributed by atoms with Crippen molar-refractivity contribution in [3.63, 3.8) is 0 Å². The second-order valence-electron chi connectivity index (χ2n) is 3.80. The Morgan fingerprint density at radius 1 is 1.17 bits per heavy atom. The van der Waals surface area contributed by atoms with Gasteiger partial charge in [-0.15, -0.1) is 0 Å². The van der Waals surface area contributed by atoms with Gasteiger partial charge in [-0.2, -0.15) is 0 Å². The van der Waals surface area contributed by atoms with Crippen molar-refractivity contribution in [3.8, 4) is 11.1 Å². The van der Waals surface area contributed by atoms with E-state index in [-0.39, 0.29) is 5.56 Å². The normalized spacial score (nSPS) is 10.3. The number of carboxylic acids is 1. The third-order valence-electron chi connectivity index (χ3n) is 2.64. The summed E-state index contributed by atoms with van der Waals surface area (Å²) in [6.07, 6.45) is 0. The summed E-state index contributed by atoms with van der Waals surface area (Å²) in [4.78, 5) is 11.1. The molecule has 2 rings (SSSR count). The molecule has 0 atom stereocenters. The van der Waals surface area contributed by atoms with Crippen LogP contribution in [-0.4, -0.2) is 11.1 Å². The van der Waals surface area contributed by atoms with Crippen LogP contribution in [0.5, 0.6) is 0 Å². The van der Waals surface area contributed by atoms with E-state index >= 15 is 0 Å². The van der Waals surface area contributed by atoms with Gasteiger partial charge in [0.15, 0.2) is 0 Å². The standard InChI is InChI=1S/C14H10BrFO2/c15-8-9-5-6-11(13(16)7-9)10-3-1-2-4-12(10)14(17)18/h1-7H,8H2,(H,17,18). The van der Waals surface area contributed by atoms with Crippen LogP contribution in [0.25, 0.3) is 11.1 Å². The summed E-state index contributed by atoms with van der Waals surface area (Å²) in [5.41, 5.74) is 1.60. The van der Waals surface area contributed by atoms with E-state index in [1.807, 2.05) is 0 Å². The molecule has 0 saturated heterocycles. The summed E-state index contributed by atoms with van der Waals surface area (Å²) in [5.74, 6) is -1.48. The molecule has 0 unspecified atom stereocenters. The monoisotopic (exact) mass is 308 g/mol. The molecule has 2 nitrogen and oxygen atoms in total. The van der Waals surface area contributed by atoms with Gasteiger partial charge >= 0.3 is 5.97 Å². The molecule has 1 N–H and O–H groups in total. The molecule has 0 fully saturated rings. The Hall–Kier alpha value is -1.68. The van der Waals surface area contributed by atoms with Gasteiger partial charge in [-0.1, -0.05) is 46.3 Å². The van der Waals surface area contributed by atoms with Crippen LogP contribution >= 0.6 is 15.9 Å². The van der Waals surface area contributed by atoms with Crippen LogP contribution in [0.1, 0.15) is 15.9 Å². The van der Waals surface area contributed by atoms with E-state index in [2.05, 4.69) is 15.9 Å². The van der Waals surface area contributed by atoms with Gasteiger partial charge in [0.05, 0.1) is 5.56 Å². The first-order chi connectivity index (χ1) is 8.63. The van der Waals surface area contributed by atoms with Crippen LogP contribution in [0.15, 0.2) is 42.5 Å². The van der Waals surface area contributed by atoms with Crippen molar-refractivity contribution in [2.75, 3.05) is 0 Å². The van der Waals surface area contributed by atoms with E-state index in [9.17, 15) is 9.18 Å². The van der Waals surface area contributed by atoms with Crippen molar-refractivity contribution in [2.24, 2.45) is 0 Å². The topological polar surface area (TPSA) is 37.3 Å². The van der Waals surface area contributed by atoms with Crippen molar-refractivity contribution < 1.29 is 14.3 Å². The fourth-order valence-electron chi connectivity index (χ4n) is 1.76. The van der Waals surface area contributed by atoms with Crippen LogP contribution in [0.4, 0.5) is 4.39 Å². The Kier molecular flexibility index (Phi) is 3.77. The lowest BCUT2D eigenvalue weighted by atomic mass is 9.98. The molecule has 0 aliphatic rings. The Balaban J connectivity index is 2.59. The zero-order valence-electron chi connectivity index (χ0n) is 9.36. The Labute approximate surface area is 112 Å². The minimum Gasteiger partial charge on any atom is -0.478 e. The van der Waals surface area contributed by atoms with Crippen LogP contribution in [-0.2, 0) is 5.33 Å². The minimum absolute atomic E-state index is 0.1000. The highest BCUT2D eigenvalue weighted by molar-refractivity contribution is 9.08. The smallest absolute Gasteiger partial charge is 0.336 e. The van der Waals surface area contributed by atoms with E-state index in [1.165, 1.54) is 12.1 Å². The summed E-state index contributed by atoms with van der Waals surface area (Å²) < 4.78 is 14.0. The molecule has 18 heavy (non-hydrogen) atoms. The SMILES string of the molecule is O=C(O)c1ccccc1-c1ccc(CBr)cc1F. The predicted octanol–water partition coefficient (Wildman–Crippen LogP) is 4.09. The van der Waals surface area contributed by atoms with E-state index in [0.717, 1.165) is 5.56 Å². The van der Waals surface area contributed by atoms with Gasteiger partial charge < -0.3 is 5.11 Å². The Bertz CT molecular complexity index is 596. The van der Waals surface area contributed by atoms with Crippen molar-refractivity contribution in [1.29, 1.82) is 0 Å². The molecule has 0 spiro atoms. The third kappa shape index (κ3) is 2.43. The second-order valence-corrected chi connectivity index (χ2v) is 4.36. The number of rotatable bonds is 3. The van der Waals surface area contributed by atoms with Crippen LogP contribution in [0.3, 0.4) is 0 Å². The number of benzene rings is 2. The number of hydrogen-bond acceptors (Lipinski definition) is 1. The molecule has 0 aliphatic carbocycles. The van der Waals surface area contributed by atoms with Crippen LogP contribution in [0, 0.1) is 5.82 Å². The maximum absolute atomic E-state index is 14.0. The summed E-state index contributed by atoms with van der Waals surface area (Å²) in [6.45, 7) is 0. The lowest BCUT2D eigenvalue weighted by Crippen LogP contribution is -2.00. The zero-order chi connectivity index (χ0) is 13.1. The van der Waals surface area contributed by atoms with Crippen LogP contribution in [0.2, 0.25) is 0 Å². The number of carboxylic acid groups (broad SMARTS) is 1. The molecule has 4 heteroatoms. The molecule has 2 aromatic rings. The van der Waals surface area contributed by atoms with Gasteiger partial charge in [0.2, 0.25) is 0 Å². The van der Waals surface area contributed by atoms with Gasteiger partial charge in [0.1, 0.15) is 5.82 Å². The fraction of sp³-hybridized carbons (Fsp3) is 0.0714. The van der Waals surface area contributed by atoms with Crippen molar-refractivity contribution in [2.45, 2.75) is 5.33 Å². The zero-order valence-corrected chi connectivity index (χ0v) is 10.9. The van der Waals surface area contributed by atoms with Gasteiger partial charge in [-0.05, 0) is 23.3 Å². The summed E-state index contributed by atoms with van der Waals surface area (Å²) in [7, 11) is 0. The molecule has 0 bridgehead atoms. The molecule has 0 heterocycles. The molecule has 0 radical (unpaired) electrons. The summed E-state index contributed by atoms with van der Waals surface area (Å²) in [5, 5.41) is 9.65. The quantitative estimate of drug-likeness (QED) is 0.867. The lowest BCUT2D eigenvalue weighted by molar-refractivity contribution is 0.0697. The number of halogens is 2. The van der Waals surface area contributed by atoms with E-state index in [1.54, 1.807) is 30.3 Å². The lowest BCUT2D eigenvalue weighted by Gasteiger charge is -2.08. The van der Waals surface area contributed by atoms with E-state index < -0.39 is 11.8 Å². The first-order valence-corrected chi connectivity index (χ1v) is 6.42. The Morgan fingerprint density at radius 3 is 2.50 bits per heavy atom. The number of carbonyl (C=O) groups is 1. The molecule has 92 valence electrons. The maximum atomic E-state index is 14.0. The van der Waals surface area contributed by atoms with Crippen LogP contribution < -0.4 is 0 Å². The molecule has 0 saturated carbocycles. The van der Waals surface area contributed by atoms with E-state index in [4.69, 9.17) is 5.11 Å². The number of hydrogen-bond donors (Lipinski definition) is 1. The number of aromatic carboxylic acids is 1. The molecule has 0 amide bonds. The van der Waals surface area contributed by atoms with Gasteiger partial charge in [-0.3, -0.25) is 0 Å². The first kappa shape index (κ1) is 12.8.